The van der Waals surface area contributed by atoms with Gasteiger partial charge < -0.3 is 49.6 Å². The third-order valence-electron chi connectivity index (χ3n) is 3.49. The summed E-state index contributed by atoms with van der Waals surface area (Å²) in [6.07, 6.45) is -11.3. The number of hydrogen-bond acceptors (Lipinski definition) is 10. The Bertz CT molecular complexity index is 451. The van der Waals surface area contributed by atoms with Crippen molar-refractivity contribution in [1.82, 2.24) is 0 Å². The summed E-state index contributed by atoms with van der Waals surface area (Å²) in [5.41, 5.74) is 0. The SMILES string of the molecule is C[C@@H]1O[C@@H](O)[C@H](O[C@H]2OC(C(=O)[O-])=C[C@H](O)[C@H]2O)[C@H](O)[C@H]1O. The first kappa shape index (κ1) is 17.1. The molecule has 0 aromatic rings. The average Bonchev–Trinajstić information content (AvgIpc) is 2.45. The van der Waals surface area contributed by atoms with Crippen molar-refractivity contribution in [3.8, 4) is 0 Å². The van der Waals surface area contributed by atoms with Gasteiger partial charge in [-0.2, -0.15) is 0 Å². The van der Waals surface area contributed by atoms with Crippen LogP contribution in [-0.4, -0.2) is 80.7 Å². The molecular weight excluding hydrogens is 304 g/mol. The minimum absolute atomic E-state index is 0.723. The Labute approximate surface area is 124 Å². The van der Waals surface area contributed by atoms with Gasteiger partial charge in [-0.05, 0) is 13.0 Å². The zero-order chi connectivity index (χ0) is 16.6. The molecule has 2 aliphatic heterocycles. The lowest BCUT2D eigenvalue weighted by Crippen LogP contribution is -2.60. The summed E-state index contributed by atoms with van der Waals surface area (Å²) in [7, 11) is 0. The van der Waals surface area contributed by atoms with Crippen LogP contribution >= 0.6 is 0 Å². The van der Waals surface area contributed by atoms with Gasteiger partial charge in [0.05, 0.1) is 6.10 Å². The molecule has 10 heteroatoms. The number of carbonyl (C=O) groups is 1. The number of aliphatic hydroxyl groups excluding tert-OH is 5. The Morgan fingerprint density at radius 2 is 1.82 bits per heavy atom. The highest BCUT2D eigenvalue weighted by Gasteiger charge is 2.46. The topological polar surface area (TPSA) is 169 Å². The van der Waals surface area contributed by atoms with E-state index in [0.717, 1.165) is 6.08 Å². The van der Waals surface area contributed by atoms with Crippen LogP contribution in [0.4, 0.5) is 0 Å². The van der Waals surface area contributed by atoms with E-state index in [-0.39, 0.29) is 0 Å². The van der Waals surface area contributed by atoms with Crippen molar-refractivity contribution in [2.75, 3.05) is 0 Å². The molecule has 22 heavy (non-hydrogen) atoms. The highest BCUT2D eigenvalue weighted by Crippen LogP contribution is 2.27. The maximum absolute atomic E-state index is 10.8. The first-order valence-corrected chi connectivity index (χ1v) is 6.53. The summed E-state index contributed by atoms with van der Waals surface area (Å²) in [4.78, 5) is 10.8. The van der Waals surface area contributed by atoms with Crippen LogP contribution < -0.4 is 5.11 Å². The van der Waals surface area contributed by atoms with Gasteiger partial charge in [-0.1, -0.05) is 0 Å². The van der Waals surface area contributed by atoms with Gasteiger partial charge in [0, 0.05) is 0 Å². The lowest BCUT2D eigenvalue weighted by atomic mass is 9.99. The van der Waals surface area contributed by atoms with E-state index < -0.39 is 60.9 Å². The highest BCUT2D eigenvalue weighted by atomic mass is 16.7. The molecule has 0 spiro atoms. The van der Waals surface area contributed by atoms with Gasteiger partial charge in [0.1, 0.15) is 42.2 Å². The monoisotopic (exact) mass is 321 g/mol. The van der Waals surface area contributed by atoms with Crippen molar-refractivity contribution in [3.05, 3.63) is 11.8 Å². The molecule has 10 nitrogen and oxygen atoms in total. The Hall–Kier alpha value is -1.27. The third-order valence-corrected chi connectivity index (χ3v) is 3.49. The average molecular weight is 321 g/mol. The molecule has 126 valence electrons. The van der Waals surface area contributed by atoms with Crippen molar-refractivity contribution in [1.29, 1.82) is 0 Å². The van der Waals surface area contributed by atoms with E-state index >= 15 is 0 Å². The van der Waals surface area contributed by atoms with Crippen molar-refractivity contribution in [2.24, 2.45) is 0 Å². The molecule has 1 fully saturated rings. The van der Waals surface area contributed by atoms with E-state index in [4.69, 9.17) is 14.2 Å². The molecule has 2 aliphatic rings. The van der Waals surface area contributed by atoms with Gasteiger partial charge in [-0.3, -0.25) is 0 Å². The lowest BCUT2D eigenvalue weighted by molar-refractivity contribution is -0.335. The molecule has 2 rings (SSSR count). The largest absolute Gasteiger partial charge is 0.542 e. The van der Waals surface area contributed by atoms with Gasteiger partial charge in [0.15, 0.2) is 6.29 Å². The van der Waals surface area contributed by atoms with Gasteiger partial charge in [-0.15, -0.1) is 0 Å². The number of rotatable bonds is 3. The van der Waals surface area contributed by atoms with Crippen LogP contribution in [0, 0.1) is 0 Å². The lowest BCUT2D eigenvalue weighted by Gasteiger charge is -2.42. The fourth-order valence-corrected chi connectivity index (χ4v) is 2.19. The molecule has 1 saturated heterocycles. The Morgan fingerprint density at radius 1 is 1.18 bits per heavy atom. The van der Waals surface area contributed by atoms with E-state index in [0.29, 0.717) is 0 Å². The van der Waals surface area contributed by atoms with Crippen LogP contribution in [0.3, 0.4) is 0 Å². The molecule has 0 amide bonds. The molecule has 0 bridgehead atoms. The first-order valence-electron chi connectivity index (χ1n) is 6.53. The summed E-state index contributed by atoms with van der Waals surface area (Å²) >= 11 is 0. The van der Waals surface area contributed by atoms with Gasteiger partial charge in [0.25, 0.3) is 0 Å². The molecule has 2 heterocycles. The summed E-state index contributed by atoms with van der Waals surface area (Å²) in [6.45, 7) is 1.42. The van der Waals surface area contributed by atoms with Gasteiger partial charge >= 0.3 is 0 Å². The quantitative estimate of drug-likeness (QED) is 0.342. The molecule has 0 radical (unpaired) electrons. The van der Waals surface area contributed by atoms with Gasteiger partial charge in [-0.25, -0.2) is 0 Å². The molecule has 0 aromatic carbocycles. The predicted octanol–water partition coefficient (Wildman–Crippen LogP) is -4.46. The number of ether oxygens (including phenoxy) is 3. The summed E-state index contributed by atoms with van der Waals surface area (Å²) in [6, 6.07) is 0. The molecule has 0 saturated carbocycles. The van der Waals surface area contributed by atoms with E-state index in [2.05, 4.69) is 0 Å². The Kier molecular flexibility index (Phi) is 5.02. The second kappa shape index (κ2) is 6.46. The number of aliphatic hydroxyl groups is 5. The zero-order valence-electron chi connectivity index (χ0n) is 11.5. The predicted molar refractivity (Wildman–Crippen MR) is 63.4 cm³/mol. The number of aliphatic carboxylic acids is 1. The fourth-order valence-electron chi connectivity index (χ4n) is 2.19. The van der Waals surface area contributed by atoms with Crippen molar-refractivity contribution in [3.63, 3.8) is 0 Å². The highest BCUT2D eigenvalue weighted by molar-refractivity contribution is 5.82. The molecular formula is C12H17O10-. The number of hydrogen-bond donors (Lipinski definition) is 5. The molecule has 0 unspecified atom stereocenters. The minimum atomic E-state index is -1.74. The van der Waals surface area contributed by atoms with E-state index in [1.165, 1.54) is 6.92 Å². The minimum Gasteiger partial charge on any atom is -0.542 e. The summed E-state index contributed by atoms with van der Waals surface area (Å²) < 4.78 is 14.8. The number of carboxylic acid groups (broad SMARTS) is 1. The smallest absolute Gasteiger partial charge is 0.229 e. The van der Waals surface area contributed by atoms with E-state index in [9.17, 15) is 35.4 Å². The van der Waals surface area contributed by atoms with Crippen molar-refractivity contribution >= 4 is 5.97 Å². The van der Waals surface area contributed by atoms with Crippen LogP contribution in [0.15, 0.2) is 11.8 Å². The standard InChI is InChI=1S/C12H18O10/c1-3-6(14)8(16)9(11(19)20-3)22-12-7(15)4(13)2-5(21-12)10(17)18/h2-4,6-9,11-16,19H,1H3,(H,17,18)/p-1/t3-,4-,6-,7+,8+,9+,11+,12+/m0/s1. The molecule has 0 aromatic heterocycles. The molecule has 8 atom stereocenters. The Balaban J connectivity index is 2.12. The normalized spacial score (nSPS) is 45.8. The van der Waals surface area contributed by atoms with E-state index in [1.54, 1.807) is 0 Å². The summed E-state index contributed by atoms with van der Waals surface area (Å²) in [5, 5.41) is 59.3. The van der Waals surface area contributed by atoms with Gasteiger partial charge in [0.2, 0.25) is 6.29 Å². The second-order valence-electron chi connectivity index (χ2n) is 5.10. The van der Waals surface area contributed by atoms with Crippen molar-refractivity contribution in [2.45, 2.75) is 56.1 Å². The van der Waals surface area contributed by atoms with E-state index in [1.807, 2.05) is 0 Å². The summed E-state index contributed by atoms with van der Waals surface area (Å²) in [5.74, 6) is -2.51. The van der Waals surface area contributed by atoms with Crippen LogP contribution in [0.5, 0.6) is 0 Å². The van der Waals surface area contributed by atoms with Crippen LogP contribution in [0.25, 0.3) is 0 Å². The third kappa shape index (κ3) is 3.22. The number of carboxylic acids is 1. The maximum atomic E-state index is 10.8. The Morgan fingerprint density at radius 3 is 2.41 bits per heavy atom. The zero-order valence-corrected chi connectivity index (χ0v) is 11.5. The fraction of sp³-hybridized carbons (Fsp3) is 0.750. The van der Waals surface area contributed by atoms with Crippen LogP contribution in [0.2, 0.25) is 0 Å². The molecule has 5 N–H and O–H groups in total. The second-order valence-corrected chi connectivity index (χ2v) is 5.10. The van der Waals surface area contributed by atoms with Crippen LogP contribution in [-0.2, 0) is 19.0 Å². The number of carbonyl (C=O) groups excluding carboxylic acids is 1. The maximum Gasteiger partial charge on any atom is 0.229 e. The first-order chi connectivity index (χ1) is 10.2. The van der Waals surface area contributed by atoms with Crippen molar-refractivity contribution < 1.29 is 49.6 Å². The van der Waals surface area contributed by atoms with Crippen LogP contribution in [0.1, 0.15) is 6.92 Å². The molecule has 0 aliphatic carbocycles.